The number of nitrogens with zero attached hydrogens (tertiary/aromatic N) is 3. The van der Waals surface area contributed by atoms with Gasteiger partial charge in [0.25, 0.3) is 0 Å². The second kappa shape index (κ2) is 8.49. The molecule has 0 fully saturated rings. The van der Waals surface area contributed by atoms with Gasteiger partial charge in [-0.05, 0) is 23.8 Å². The fourth-order valence-corrected chi connectivity index (χ4v) is 4.17. The van der Waals surface area contributed by atoms with Crippen LogP contribution in [0.15, 0.2) is 64.4 Å². The van der Waals surface area contributed by atoms with Crippen molar-refractivity contribution in [3.05, 3.63) is 76.1 Å². The van der Waals surface area contributed by atoms with Crippen LogP contribution in [-0.2, 0) is 27.9 Å². The third-order valence-electron chi connectivity index (χ3n) is 4.63. The summed E-state index contributed by atoms with van der Waals surface area (Å²) in [6.45, 7) is -0.108. The Morgan fingerprint density at radius 2 is 1.80 bits per heavy atom. The van der Waals surface area contributed by atoms with Crippen molar-refractivity contribution in [2.24, 2.45) is 0 Å². The summed E-state index contributed by atoms with van der Waals surface area (Å²) in [5.74, 6) is -0.384. The number of nitrogens with one attached hydrogen (secondary N) is 1. The molecule has 0 saturated carbocycles. The summed E-state index contributed by atoms with van der Waals surface area (Å²) < 4.78 is 27.6. The first kappa shape index (κ1) is 21.2. The lowest BCUT2D eigenvalue weighted by atomic mass is 10.1. The van der Waals surface area contributed by atoms with Crippen LogP contribution in [0.3, 0.4) is 0 Å². The molecule has 0 radical (unpaired) electrons. The van der Waals surface area contributed by atoms with E-state index in [4.69, 9.17) is 0 Å². The first-order valence-corrected chi connectivity index (χ1v) is 10.5. The van der Waals surface area contributed by atoms with Gasteiger partial charge < -0.3 is 9.88 Å². The monoisotopic (exact) mass is 424 g/mol. The van der Waals surface area contributed by atoms with Crippen molar-refractivity contribution < 1.29 is 13.2 Å². The number of aromatic nitrogens is 1. The third kappa shape index (κ3) is 4.10. The van der Waals surface area contributed by atoms with Gasteiger partial charge >= 0.3 is 0 Å². The third-order valence-corrected chi connectivity index (χ3v) is 6.54. The van der Waals surface area contributed by atoms with Crippen molar-refractivity contribution in [3.8, 4) is 6.07 Å². The van der Waals surface area contributed by atoms with Gasteiger partial charge in [-0.25, -0.2) is 12.7 Å². The smallest absolute Gasteiger partial charge is 0.242 e. The van der Waals surface area contributed by atoms with Gasteiger partial charge in [0.2, 0.25) is 21.4 Å². The van der Waals surface area contributed by atoms with E-state index >= 15 is 0 Å². The highest BCUT2D eigenvalue weighted by molar-refractivity contribution is 7.89. The zero-order valence-electron chi connectivity index (χ0n) is 16.5. The first-order valence-electron chi connectivity index (χ1n) is 9.05. The second-order valence-electron chi connectivity index (χ2n) is 6.80. The zero-order valence-corrected chi connectivity index (χ0v) is 17.3. The molecule has 3 rings (SSSR count). The molecule has 30 heavy (non-hydrogen) atoms. The molecule has 154 valence electrons. The van der Waals surface area contributed by atoms with E-state index in [0.717, 1.165) is 4.31 Å². The van der Waals surface area contributed by atoms with Crippen LogP contribution < -0.4 is 10.7 Å². The predicted molar refractivity (Wildman–Crippen MR) is 112 cm³/mol. The van der Waals surface area contributed by atoms with E-state index < -0.39 is 10.0 Å². The molecule has 1 N–H and O–H groups in total. The van der Waals surface area contributed by atoms with Crippen LogP contribution in [0.5, 0.6) is 0 Å². The molecule has 0 aliphatic rings. The number of hydrogen-bond acceptors (Lipinski definition) is 5. The summed E-state index contributed by atoms with van der Waals surface area (Å²) >= 11 is 0. The van der Waals surface area contributed by atoms with E-state index in [1.165, 1.54) is 30.9 Å². The molecule has 0 saturated heterocycles. The highest BCUT2D eigenvalue weighted by Gasteiger charge is 2.21. The lowest BCUT2D eigenvalue weighted by Crippen LogP contribution is -2.29. The molecular weight excluding hydrogens is 404 g/mol. The topological polar surface area (TPSA) is 112 Å². The number of hydrogen-bond donors (Lipinski definition) is 1. The molecular formula is C21H20N4O4S. The minimum absolute atomic E-state index is 0.0192. The maximum absolute atomic E-state index is 12.6. The fourth-order valence-electron chi connectivity index (χ4n) is 3.06. The minimum atomic E-state index is -3.65. The molecule has 9 heteroatoms. The number of para-hydroxylation sites is 1. The number of rotatable bonds is 6. The molecule has 0 bridgehead atoms. The Kier molecular flexibility index (Phi) is 6.01. The maximum atomic E-state index is 12.6. The lowest BCUT2D eigenvalue weighted by molar-refractivity contribution is -0.121. The van der Waals surface area contributed by atoms with Gasteiger partial charge in [0.1, 0.15) is 18.2 Å². The van der Waals surface area contributed by atoms with E-state index in [2.05, 4.69) is 5.32 Å². The van der Waals surface area contributed by atoms with Crippen molar-refractivity contribution >= 4 is 26.8 Å². The summed E-state index contributed by atoms with van der Waals surface area (Å²) in [7, 11) is -0.764. The molecule has 1 amide bonds. The maximum Gasteiger partial charge on any atom is 0.242 e. The van der Waals surface area contributed by atoms with Crippen LogP contribution >= 0.6 is 0 Å². The molecule has 2 aromatic carbocycles. The van der Waals surface area contributed by atoms with Crippen molar-refractivity contribution in [2.75, 3.05) is 14.1 Å². The number of nitriles is 1. The Morgan fingerprint density at radius 1 is 1.13 bits per heavy atom. The van der Waals surface area contributed by atoms with Gasteiger partial charge in [-0.1, -0.05) is 30.3 Å². The van der Waals surface area contributed by atoms with E-state index in [1.807, 2.05) is 6.07 Å². The highest BCUT2D eigenvalue weighted by atomic mass is 32.2. The largest absolute Gasteiger partial charge is 0.350 e. The summed E-state index contributed by atoms with van der Waals surface area (Å²) in [6.07, 6.45) is 1.36. The van der Waals surface area contributed by atoms with E-state index in [-0.39, 0.29) is 34.9 Å². The summed E-state index contributed by atoms with van der Waals surface area (Å²) in [6, 6.07) is 15.0. The number of carbonyl (C=O) groups excluding carboxylic acids is 1. The summed E-state index contributed by atoms with van der Waals surface area (Å²) in [5, 5.41) is 12.3. The number of pyridine rings is 1. The Hall–Kier alpha value is -3.48. The molecule has 1 heterocycles. The number of sulfonamides is 1. The summed E-state index contributed by atoms with van der Waals surface area (Å²) in [4.78, 5) is 25.0. The molecule has 0 atom stereocenters. The Balaban J connectivity index is 1.85. The van der Waals surface area contributed by atoms with Gasteiger partial charge in [-0.15, -0.1) is 0 Å². The summed E-state index contributed by atoms with van der Waals surface area (Å²) in [5.41, 5.74) is 0.561. The normalized spacial score (nSPS) is 11.4. The Labute approximate surface area is 174 Å². The van der Waals surface area contributed by atoms with Gasteiger partial charge in [0.05, 0.1) is 10.4 Å². The van der Waals surface area contributed by atoms with Crippen LogP contribution in [0.25, 0.3) is 10.9 Å². The van der Waals surface area contributed by atoms with E-state index in [9.17, 15) is 23.3 Å². The van der Waals surface area contributed by atoms with Crippen LogP contribution in [-0.4, -0.2) is 37.3 Å². The van der Waals surface area contributed by atoms with Crippen molar-refractivity contribution in [1.29, 1.82) is 5.26 Å². The standard InChI is InChI=1S/C21H20N4O4S/c1-24(2)30(28,29)19-10-6-3-7-15(19)12-23-20(26)14-25-13-16(11-22)21(27)17-8-4-5-9-18(17)25/h3-10,13H,12,14H2,1-2H3,(H,23,26). The van der Waals surface area contributed by atoms with E-state index in [0.29, 0.717) is 16.5 Å². The fraction of sp³-hybridized carbons (Fsp3) is 0.190. The SMILES string of the molecule is CN(C)S(=O)(=O)c1ccccc1CNC(=O)Cn1cc(C#N)c(=O)c2ccccc21. The zero-order chi connectivity index (χ0) is 21.9. The second-order valence-corrected chi connectivity index (χ2v) is 8.92. The number of fused-ring (bicyclic) bond motifs is 1. The van der Waals surface area contributed by atoms with Gasteiger partial charge in [-0.3, -0.25) is 9.59 Å². The Bertz CT molecular complexity index is 1320. The number of carbonyl (C=O) groups is 1. The van der Waals surface area contributed by atoms with Crippen molar-refractivity contribution in [1.82, 2.24) is 14.2 Å². The van der Waals surface area contributed by atoms with Crippen LogP contribution in [0.1, 0.15) is 11.1 Å². The Morgan fingerprint density at radius 3 is 2.50 bits per heavy atom. The highest BCUT2D eigenvalue weighted by Crippen LogP contribution is 2.18. The molecule has 8 nitrogen and oxygen atoms in total. The molecule has 1 aromatic heterocycles. The van der Waals surface area contributed by atoms with Crippen LogP contribution in [0, 0.1) is 11.3 Å². The average molecular weight is 424 g/mol. The number of benzene rings is 2. The average Bonchev–Trinajstić information content (AvgIpc) is 2.74. The number of amides is 1. The lowest BCUT2D eigenvalue weighted by Gasteiger charge is -2.16. The predicted octanol–water partition coefficient (Wildman–Crippen LogP) is 1.44. The van der Waals surface area contributed by atoms with Crippen LogP contribution in [0.4, 0.5) is 0 Å². The minimum Gasteiger partial charge on any atom is -0.350 e. The molecule has 0 aliphatic heterocycles. The van der Waals surface area contributed by atoms with Gasteiger partial charge in [0.15, 0.2) is 0 Å². The molecule has 0 aliphatic carbocycles. The molecule has 0 unspecified atom stereocenters. The molecule has 0 spiro atoms. The van der Waals surface area contributed by atoms with E-state index in [1.54, 1.807) is 42.5 Å². The van der Waals surface area contributed by atoms with Gasteiger partial charge in [-0.2, -0.15) is 5.26 Å². The molecule has 3 aromatic rings. The first-order chi connectivity index (χ1) is 14.3. The quantitative estimate of drug-likeness (QED) is 0.643. The van der Waals surface area contributed by atoms with Gasteiger partial charge in [0, 0.05) is 32.2 Å². The van der Waals surface area contributed by atoms with Crippen molar-refractivity contribution in [3.63, 3.8) is 0 Å². The van der Waals surface area contributed by atoms with Crippen LogP contribution in [0.2, 0.25) is 0 Å². The van der Waals surface area contributed by atoms with Crippen molar-refractivity contribution in [2.45, 2.75) is 18.0 Å².